The van der Waals surface area contributed by atoms with Gasteiger partial charge in [0.05, 0.1) is 16.4 Å². The van der Waals surface area contributed by atoms with Crippen molar-refractivity contribution in [1.82, 2.24) is 4.90 Å². The second-order valence-electron chi connectivity index (χ2n) is 9.69. The molecular weight excluding hydrogens is 438 g/mol. The summed E-state index contributed by atoms with van der Waals surface area (Å²) in [6.45, 7) is 9.88. The second kappa shape index (κ2) is 9.64. The number of para-hydroxylation sites is 1. The fourth-order valence-electron chi connectivity index (χ4n) is 4.37. The fraction of sp³-hybridized carbons (Fsp3) is 0.462. The van der Waals surface area contributed by atoms with Gasteiger partial charge in [-0.2, -0.15) is 0 Å². The van der Waals surface area contributed by atoms with Crippen molar-refractivity contribution in [1.29, 1.82) is 0 Å². The highest BCUT2D eigenvalue weighted by atomic mass is 35.5. The maximum absolute atomic E-state index is 12.8. The Morgan fingerprint density at radius 1 is 1.03 bits per heavy atom. The molecule has 0 aromatic heterocycles. The molecule has 2 aromatic carbocycles. The topological polar surface area (TPSA) is 53.1 Å². The number of halogens is 1. The van der Waals surface area contributed by atoms with Crippen molar-refractivity contribution in [2.45, 2.75) is 39.0 Å². The second-order valence-corrected chi connectivity index (χ2v) is 10.1. The van der Waals surface area contributed by atoms with Crippen LogP contribution in [-0.4, -0.2) is 56.0 Å². The SMILES string of the molecule is CC(C)(C)c1ccc2c(c1)N(CCCC(=O)N1CCN(c3ccccc3Cl)CC1)C(=O)CO2. The van der Waals surface area contributed by atoms with Crippen molar-refractivity contribution in [3.05, 3.63) is 53.1 Å². The van der Waals surface area contributed by atoms with E-state index in [2.05, 4.69) is 31.7 Å². The van der Waals surface area contributed by atoms with E-state index in [9.17, 15) is 9.59 Å². The molecule has 0 radical (unpaired) electrons. The zero-order chi connectivity index (χ0) is 23.6. The summed E-state index contributed by atoms with van der Waals surface area (Å²) in [6.07, 6.45) is 1.04. The van der Waals surface area contributed by atoms with Gasteiger partial charge in [0.25, 0.3) is 5.91 Å². The average Bonchev–Trinajstić information content (AvgIpc) is 2.80. The minimum Gasteiger partial charge on any atom is -0.482 e. The monoisotopic (exact) mass is 469 g/mol. The van der Waals surface area contributed by atoms with Crippen molar-refractivity contribution in [2.24, 2.45) is 0 Å². The molecule has 0 atom stereocenters. The number of nitrogens with zero attached hydrogens (tertiary/aromatic N) is 3. The number of carbonyl (C=O) groups excluding carboxylic acids is 2. The number of ether oxygens (including phenoxy) is 1. The Morgan fingerprint density at radius 2 is 1.76 bits per heavy atom. The number of amides is 2. The Labute approximate surface area is 201 Å². The van der Waals surface area contributed by atoms with Gasteiger partial charge in [0.1, 0.15) is 5.75 Å². The average molecular weight is 470 g/mol. The normalized spacial score (nSPS) is 16.5. The van der Waals surface area contributed by atoms with Crippen molar-refractivity contribution < 1.29 is 14.3 Å². The Morgan fingerprint density at radius 3 is 2.45 bits per heavy atom. The number of anilines is 2. The number of piperazine rings is 1. The standard InChI is InChI=1S/C26H32ClN3O3/c1-26(2,3)19-10-11-23-22(17-19)30(25(32)18-33-23)12-6-9-24(31)29-15-13-28(14-16-29)21-8-5-4-7-20(21)27/h4-5,7-8,10-11,17H,6,9,12-16,18H2,1-3H3. The van der Waals surface area contributed by atoms with Crippen LogP contribution in [0.25, 0.3) is 0 Å². The molecule has 0 spiro atoms. The lowest BCUT2D eigenvalue weighted by molar-refractivity contribution is -0.131. The minimum absolute atomic E-state index is 0.0245. The number of hydrogen-bond acceptors (Lipinski definition) is 4. The largest absolute Gasteiger partial charge is 0.482 e. The molecule has 2 aromatic rings. The molecule has 0 bridgehead atoms. The molecule has 2 aliphatic rings. The number of hydrogen-bond donors (Lipinski definition) is 0. The van der Waals surface area contributed by atoms with Crippen LogP contribution in [0, 0.1) is 0 Å². The highest BCUT2D eigenvalue weighted by Gasteiger charge is 2.28. The van der Waals surface area contributed by atoms with E-state index in [0.717, 1.165) is 40.8 Å². The Hall–Kier alpha value is -2.73. The van der Waals surface area contributed by atoms with E-state index in [-0.39, 0.29) is 23.8 Å². The number of rotatable bonds is 5. The zero-order valence-electron chi connectivity index (χ0n) is 19.6. The quantitative estimate of drug-likeness (QED) is 0.647. The molecule has 176 valence electrons. The summed E-state index contributed by atoms with van der Waals surface area (Å²) in [5.74, 6) is 0.803. The minimum atomic E-state index is -0.0608. The first-order chi connectivity index (χ1) is 15.7. The molecule has 0 aliphatic carbocycles. The summed E-state index contributed by atoms with van der Waals surface area (Å²) in [5.41, 5.74) is 2.95. The summed E-state index contributed by atoms with van der Waals surface area (Å²) in [5, 5.41) is 0.738. The summed E-state index contributed by atoms with van der Waals surface area (Å²) in [6, 6.07) is 13.9. The van der Waals surface area contributed by atoms with Gasteiger partial charge < -0.3 is 19.4 Å². The Kier molecular flexibility index (Phi) is 6.84. The van der Waals surface area contributed by atoms with E-state index in [1.807, 2.05) is 41.3 Å². The molecule has 6 nitrogen and oxygen atoms in total. The third-order valence-corrected chi connectivity index (χ3v) is 6.69. The van der Waals surface area contributed by atoms with E-state index in [0.29, 0.717) is 32.5 Å². The Balaban J connectivity index is 1.32. The highest BCUT2D eigenvalue weighted by Crippen LogP contribution is 2.36. The van der Waals surface area contributed by atoms with Crippen molar-refractivity contribution >= 4 is 34.8 Å². The number of fused-ring (bicyclic) bond motifs is 1. The molecule has 1 saturated heterocycles. The number of benzene rings is 2. The van der Waals surface area contributed by atoms with E-state index < -0.39 is 0 Å². The van der Waals surface area contributed by atoms with E-state index in [1.54, 1.807) is 4.90 Å². The summed E-state index contributed by atoms with van der Waals surface area (Å²) in [7, 11) is 0. The van der Waals surface area contributed by atoms with Crippen LogP contribution in [0.5, 0.6) is 5.75 Å². The summed E-state index contributed by atoms with van der Waals surface area (Å²) in [4.78, 5) is 31.3. The van der Waals surface area contributed by atoms with Crippen LogP contribution >= 0.6 is 11.6 Å². The fourth-order valence-corrected chi connectivity index (χ4v) is 4.62. The molecule has 7 heteroatoms. The molecule has 33 heavy (non-hydrogen) atoms. The molecular formula is C26H32ClN3O3. The maximum Gasteiger partial charge on any atom is 0.265 e. The van der Waals surface area contributed by atoms with Gasteiger partial charge in [0.2, 0.25) is 5.91 Å². The lowest BCUT2D eigenvalue weighted by Crippen LogP contribution is -2.49. The van der Waals surface area contributed by atoms with Crippen LogP contribution in [0.3, 0.4) is 0 Å². The van der Waals surface area contributed by atoms with Crippen LogP contribution in [-0.2, 0) is 15.0 Å². The zero-order valence-corrected chi connectivity index (χ0v) is 20.4. The third kappa shape index (κ3) is 5.27. The van der Waals surface area contributed by atoms with Gasteiger partial charge in [-0.15, -0.1) is 0 Å². The van der Waals surface area contributed by atoms with Gasteiger partial charge in [-0.25, -0.2) is 0 Å². The molecule has 2 aliphatic heterocycles. The molecule has 0 N–H and O–H groups in total. The van der Waals surface area contributed by atoms with Gasteiger partial charge in [0, 0.05) is 39.1 Å². The first kappa shape index (κ1) is 23.4. The molecule has 1 fully saturated rings. The summed E-state index contributed by atoms with van der Waals surface area (Å²) >= 11 is 6.32. The molecule has 4 rings (SSSR count). The first-order valence-corrected chi connectivity index (χ1v) is 12.0. The first-order valence-electron chi connectivity index (χ1n) is 11.6. The van der Waals surface area contributed by atoms with Crippen LogP contribution in [0.2, 0.25) is 5.02 Å². The van der Waals surface area contributed by atoms with Gasteiger partial charge in [-0.1, -0.05) is 50.6 Å². The molecule has 2 amide bonds. The lowest BCUT2D eigenvalue weighted by Gasteiger charge is -2.36. The molecule has 0 saturated carbocycles. The van der Waals surface area contributed by atoms with Crippen molar-refractivity contribution in [3.8, 4) is 5.75 Å². The lowest BCUT2D eigenvalue weighted by atomic mass is 9.86. The predicted octanol–water partition coefficient (Wildman–Crippen LogP) is 4.49. The third-order valence-electron chi connectivity index (χ3n) is 6.37. The van der Waals surface area contributed by atoms with E-state index >= 15 is 0 Å². The maximum atomic E-state index is 12.8. The van der Waals surface area contributed by atoms with Crippen LogP contribution in [0.4, 0.5) is 11.4 Å². The van der Waals surface area contributed by atoms with Gasteiger partial charge in [0.15, 0.2) is 6.61 Å². The van der Waals surface area contributed by atoms with Gasteiger partial charge in [-0.05, 0) is 41.7 Å². The van der Waals surface area contributed by atoms with E-state index in [1.165, 1.54) is 0 Å². The number of carbonyl (C=O) groups is 2. The van der Waals surface area contributed by atoms with Crippen molar-refractivity contribution in [3.63, 3.8) is 0 Å². The van der Waals surface area contributed by atoms with Crippen molar-refractivity contribution in [2.75, 3.05) is 49.1 Å². The predicted molar refractivity (Wildman–Crippen MR) is 132 cm³/mol. The van der Waals surface area contributed by atoms with Crippen LogP contribution in [0.1, 0.15) is 39.2 Å². The van der Waals surface area contributed by atoms with E-state index in [4.69, 9.17) is 16.3 Å². The molecule has 0 unspecified atom stereocenters. The van der Waals surface area contributed by atoms with Crippen LogP contribution in [0.15, 0.2) is 42.5 Å². The Bertz CT molecular complexity index is 1030. The molecule has 2 heterocycles. The van der Waals surface area contributed by atoms with Gasteiger partial charge >= 0.3 is 0 Å². The summed E-state index contributed by atoms with van der Waals surface area (Å²) < 4.78 is 5.63. The highest BCUT2D eigenvalue weighted by molar-refractivity contribution is 6.33. The van der Waals surface area contributed by atoms with Crippen LogP contribution < -0.4 is 14.5 Å². The smallest absolute Gasteiger partial charge is 0.265 e. The van der Waals surface area contributed by atoms with Gasteiger partial charge in [-0.3, -0.25) is 9.59 Å².